The lowest BCUT2D eigenvalue weighted by Crippen LogP contribution is -2.17. The second-order valence-corrected chi connectivity index (χ2v) is 25.0. The zero-order valence-electron chi connectivity index (χ0n) is 45.7. The molecule has 0 saturated carbocycles. The van der Waals surface area contributed by atoms with E-state index in [1.54, 1.807) is 0 Å². The summed E-state index contributed by atoms with van der Waals surface area (Å²) in [4.78, 5) is 7.48. The van der Waals surface area contributed by atoms with Gasteiger partial charge in [-0.15, -0.1) is 0 Å². The third kappa shape index (κ3) is 8.38. The topological polar surface area (TPSA) is 35.2 Å². The summed E-state index contributed by atoms with van der Waals surface area (Å²) in [6, 6.07) is 65.5. The number of fused-ring (bicyclic) bond motifs is 10. The molecule has 0 bridgehead atoms. The van der Waals surface area contributed by atoms with Crippen molar-refractivity contribution in [2.24, 2.45) is 0 Å². The quantitative estimate of drug-likeness (QED) is 0.172. The number of ether oxygens (including phenoxy) is 1. The summed E-state index contributed by atoms with van der Waals surface area (Å²) in [6.07, 6.45) is 1.94. The van der Waals surface area contributed by atoms with Crippen LogP contribution < -0.4 is 9.64 Å². The van der Waals surface area contributed by atoms with Crippen LogP contribution in [0.25, 0.3) is 82.1 Å². The van der Waals surface area contributed by atoms with Crippen LogP contribution >= 0.6 is 0 Å². The number of rotatable bonds is 5. The van der Waals surface area contributed by atoms with E-state index in [9.17, 15) is 0 Å². The molecule has 0 radical (unpaired) electrons. The highest BCUT2D eigenvalue weighted by Crippen LogP contribution is 2.47. The highest BCUT2D eigenvalue weighted by molar-refractivity contribution is 6.22. The summed E-state index contributed by atoms with van der Waals surface area (Å²) < 4.78 is 12.1. The molecule has 0 fully saturated rings. The van der Waals surface area contributed by atoms with Gasteiger partial charge in [-0.3, -0.25) is 4.57 Å². The average molecular weight is 981 g/mol. The fourth-order valence-corrected chi connectivity index (χ4v) is 11.4. The Bertz CT molecular complexity index is 4140. The Kier molecular flexibility index (Phi) is 11.1. The van der Waals surface area contributed by atoms with Crippen LogP contribution in [-0.4, -0.2) is 14.1 Å². The fraction of sp³-hybridized carbons (Fsp3) is 0.243. The van der Waals surface area contributed by atoms with Gasteiger partial charge < -0.3 is 14.2 Å². The first kappa shape index (κ1) is 48.1. The number of pyridine rings is 1. The van der Waals surface area contributed by atoms with Gasteiger partial charge in [0.1, 0.15) is 24.0 Å². The lowest BCUT2D eigenvalue weighted by Gasteiger charge is -2.27. The Balaban J connectivity index is 1.10. The van der Waals surface area contributed by atoms with E-state index in [2.05, 4.69) is 273 Å². The third-order valence-corrected chi connectivity index (χ3v) is 15.7. The van der Waals surface area contributed by atoms with Crippen molar-refractivity contribution in [1.29, 1.82) is 0 Å². The summed E-state index contributed by atoms with van der Waals surface area (Å²) in [5, 5.41) is 9.65. The van der Waals surface area contributed by atoms with E-state index >= 15 is 0 Å². The largest absolute Gasteiger partial charge is 0.457 e. The Hall–Kier alpha value is -7.89. The van der Waals surface area contributed by atoms with Gasteiger partial charge in [-0.05, 0) is 120 Å². The minimum atomic E-state index is -0.176. The summed E-state index contributed by atoms with van der Waals surface area (Å²) >= 11 is 0. The van der Waals surface area contributed by atoms with Crippen LogP contribution in [0.15, 0.2) is 182 Å². The monoisotopic (exact) mass is 981 g/mol. The molecule has 0 saturated heterocycles. The van der Waals surface area contributed by atoms with Crippen LogP contribution in [0, 0.1) is 0 Å². The van der Waals surface area contributed by atoms with Gasteiger partial charge >= 0.3 is 0 Å². The van der Waals surface area contributed by atoms with Gasteiger partial charge in [-0.2, -0.15) is 0 Å². The van der Waals surface area contributed by atoms with Gasteiger partial charge in [0, 0.05) is 51.1 Å². The van der Waals surface area contributed by atoms with Crippen molar-refractivity contribution in [3.8, 4) is 28.4 Å². The maximum atomic E-state index is 7.14. The lowest BCUT2D eigenvalue weighted by molar-refractivity contribution is 0.479. The maximum absolute atomic E-state index is 7.14. The number of benzene rings is 8. The van der Waals surface area contributed by atoms with Crippen LogP contribution in [0.5, 0.6) is 11.5 Å². The Morgan fingerprint density at radius 3 is 1.56 bits per heavy atom. The molecule has 0 unspecified atom stereocenters. The van der Waals surface area contributed by atoms with Gasteiger partial charge in [-0.25, -0.2) is 4.98 Å². The first-order chi connectivity index (χ1) is 35.7. The van der Waals surface area contributed by atoms with Crippen molar-refractivity contribution in [2.45, 2.75) is 111 Å². The van der Waals surface area contributed by atoms with Crippen molar-refractivity contribution in [1.82, 2.24) is 14.1 Å². The van der Waals surface area contributed by atoms with Gasteiger partial charge in [0.25, 0.3) is 0 Å². The second-order valence-electron chi connectivity index (χ2n) is 25.0. The van der Waals surface area contributed by atoms with E-state index in [1.165, 1.54) is 82.1 Å². The van der Waals surface area contributed by atoms with Crippen LogP contribution in [-0.2, 0) is 28.3 Å². The minimum absolute atomic E-state index is 0.0275. The molecule has 5 nitrogen and oxygen atoms in total. The fourth-order valence-electron chi connectivity index (χ4n) is 11.4. The molecule has 4 heterocycles. The summed E-state index contributed by atoms with van der Waals surface area (Å²) in [5.41, 5.74) is 14.0. The SMILES string of the molecule is CC(C)(C)c1cc(Oc2ccc3c4ccccc4n(-c4cc(C(C)(C)C)ccn4)c3c2)cc(N2Cn3c4c(-c5cc(C(C)(C)C)cc(C(C)(C)C)c5)cccc4c4ccccc4c4ccccc4c4cccc2c43)c1. The molecule has 1 aliphatic heterocycles. The highest BCUT2D eigenvalue weighted by Gasteiger charge is 2.29. The standard InChI is InChI=1S/C70H68N4O/c1-67(2,3)45-33-34-71-64(40-45)74-61-29-18-17-25-57(61)58-32-31-50(42-63(58)74)75-51-39-48(70(10,11)12)38-49(41-51)72-43-73-65-52(44-35-46(68(4,5)6)37-47(36-44)69(7,8)9)26-19-27-59(65)55-23-15-13-21-53(55)54-22-14-16-24-56(54)60-28-20-30-62(72)66(60)73/h13-42H,43H2,1-12H3. The number of aromatic nitrogens is 3. The van der Waals surface area contributed by atoms with E-state index < -0.39 is 0 Å². The number of hydrogen-bond donors (Lipinski definition) is 0. The molecule has 3 aromatic heterocycles. The van der Waals surface area contributed by atoms with Crippen molar-refractivity contribution < 1.29 is 4.74 Å². The highest BCUT2D eigenvalue weighted by atomic mass is 16.5. The van der Waals surface area contributed by atoms with Crippen LogP contribution in [0.3, 0.4) is 0 Å². The van der Waals surface area contributed by atoms with E-state index in [-0.39, 0.29) is 21.7 Å². The number of anilines is 2. The third-order valence-electron chi connectivity index (χ3n) is 15.7. The average Bonchev–Trinajstić information content (AvgIpc) is 3.97. The van der Waals surface area contributed by atoms with Gasteiger partial charge in [-0.1, -0.05) is 198 Å². The van der Waals surface area contributed by atoms with Crippen LogP contribution in [0.4, 0.5) is 11.4 Å². The summed E-state index contributed by atoms with van der Waals surface area (Å²) in [7, 11) is 0. The van der Waals surface area contributed by atoms with Crippen LogP contribution in [0.1, 0.15) is 105 Å². The first-order valence-corrected chi connectivity index (χ1v) is 26.7. The predicted molar refractivity (Wildman–Crippen MR) is 320 cm³/mol. The van der Waals surface area contributed by atoms with Gasteiger partial charge in [0.15, 0.2) is 0 Å². The smallest absolute Gasteiger partial charge is 0.137 e. The molecule has 12 rings (SSSR count). The van der Waals surface area contributed by atoms with Crippen LogP contribution in [0.2, 0.25) is 0 Å². The lowest BCUT2D eigenvalue weighted by atomic mass is 9.78. The normalized spacial score (nSPS) is 13.3. The molecule has 0 atom stereocenters. The number of nitrogens with zero attached hydrogens (tertiary/aromatic N) is 4. The Morgan fingerprint density at radius 2 is 0.933 bits per heavy atom. The van der Waals surface area contributed by atoms with Crippen molar-refractivity contribution in [3.05, 3.63) is 204 Å². The molecule has 8 aromatic carbocycles. The Labute approximate surface area is 442 Å². The zero-order valence-corrected chi connectivity index (χ0v) is 45.7. The summed E-state index contributed by atoms with van der Waals surface area (Å²) in [5.74, 6) is 2.45. The predicted octanol–water partition coefficient (Wildman–Crippen LogP) is 19.5. The first-order valence-electron chi connectivity index (χ1n) is 26.7. The van der Waals surface area contributed by atoms with Gasteiger partial charge in [0.05, 0.1) is 27.8 Å². The Morgan fingerprint density at radius 1 is 0.400 bits per heavy atom. The van der Waals surface area contributed by atoms with Gasteiger partial charge in [0.2, 0.25) is 0 Å². The molecule has 0 aliphatic carbocycles. The van der Waals surface area contributed by atoms with E-state index in [1.807, 2.05) is 6.20 Å². The molecule has 75 heavy (non-hydrogen) atoms. The number of hydrogen-bond acceptors (Lipinski definition) is 3. The molecular weight excluding hydrogens is 913 g/mol. The molecule has 11 aromatic rings. The van der Waals surface area contributed by atoms with E-state index in [4.69, 9.17) is 9.72 Å². The van der Waals surface area contributed by atoms with E-state index in [0.29, 0.717) is 6.67 Å². The molecular formula is C70H68N4O. The molecule has 1 aliphatic rings. The van der Waals surface area contributed by atoms with E-state index in [0.717, 1.165) is 45.1 Å². The number of para-hydroxylation sites is 3. The molecule has 0 N–H and O–H groups in total. The minimum Gasteiger partial charge on any atom is -0.457 e. The summed E-state index contributed by atoms with van der Waals surface area (Å²) in [6.45, 7) is 28.2. The molecule has 5 heteroatoms. The maximum Gasteiger partial charge on any atom is 0.137 e. The molecule has 374 valence electrons. The molecule has 0 spiro atoms. The zero-order chi connectivity index (χ0) is 52.3. The van der Waals surface area contributed by atoms with Crippen molar-refractivity contribution in [3.63, 3.8) is 0 Å². The molecule has 0 amide bonds. The van der Waals surface area contributed by atoms with Crippen molar-refractivity contribution >= 4 is 76.5 Å². The second kappa shape index (κ2) is 17.3. The van der Waals surface area contributed by atoms with Crippen molar-refractivity contribution in [2.75, 3.05) is 4.90 Å².